The van der Waals surface area contributed by atoms with Crippen molar-refractivity contribution in [3.8, 4) is 10.3 Å². The third-order valence-corrected chi connectivity index (χ3v) is 4.95. The van der Waals surface area contributed by atoms with E-state index in [1.807, 2.05) is 35.9 Å². The number of nitrogens with zero attached hydrogens (tertiary/aromatic N) is 3. The minimum atomic E-state index is -0.313. The molecule has 2 aromatic heterocycles. The molecule has 0 bridgehead atoms. The van der Waals surface area contributed by atoms with Crippen LogP contribution >= 0.6 is 0 Å². The van der Waals surface area contributed by atoms with Crippen LogP contribution in [0.4, 0.5) is 4.56 Å². The molecule has 2 heterocycles. The number of nitro groups is 1. The number of aromatic nitrogens is 2. The van der Waals surface area contributed by atoms with Gasteiger partial charge in [0.1, 0.15) is 0 Å². The zero-order chi connectivity index (χ0) is 12.7. The van der Waals surface area contributed by atoms with E-state index in [-0.39, 0.29) is 24.0 Å². The standard InChI is InChI=1S/C12H9N3O2Se/c1-14-9-5-3-2-4-8(9)13-12(14)10-6-7-11(18-10)15(16)17/h2-7H,1H3. The first-order valence-electron chi connectivity index (χ1n) is 5.33. The van der Waals surface area contributed by atoms with E-state index < -0.39 is 0 Å². The monoisotopic (exact) mass is 307 g/mol. The van der Waals surface area contributed by atoms with Gasteiger partial charge in [-0.05, 0) is 0 Å². The van der Waals surface area contributed by atoms with E-state index >= 15 is 0 Å². The molecule has 6 heteroatoms. The molecule has 0 aliphatic rings. The molecule has 0 amide bonds. The van der Waals surface area contributed by atoms with Gasteiger partial charge in [-0.2, -0.15) is 0 Å². The first-order chi connectivity index (χ1) is 8.66. The summed E-state index contributed by atoms with van der Waals surface area (Å²) in [7, 11) is 1.94. The molecule has 1 aromatic carbocycles. The van der Waals surface area contributed by atoms with Crippen LogP contribution in [0.5, 0.6) is 0 Å². The van der Waals surface area contributed by atoms with Crippen LogP contribution in [0.15, 0.2) is 36.4 Å². The van der Waals surface area contributed by atoms with Gasteiger partial charge in [-0.15, -0.1) is 0 Å². The van der Waals surface area contributed by atoms with Crippen LogP contribution in [0.3, 0.4) is 0 Å². The van der Waals surface area contributed by atoms with E-state index in [0.717, 1.165) is 21.3 Å². The molecule has 18 heavy (non-hydrogen) atoms. The molecule has 0 saturated heterocycles. The molecule has 0 spiro atoms. The van der Waals surface area contributed by atoms with Crippen LogP contribution in [0.25, 0.3) is 21.3 Å². The van der Waals surface area contributed by atoms with Gasteiger partial charge in [0.05, 0.1) is 0 Å². The van der Waals surface area contributed by atoms with Crippen molar-refractivity contribution in [2.45, 2.75) is 0 Å². The van der Waals surface area contributed by atoms with Crippen molar-refractivity contribution in [2.24, 2.45) is 7.05 Å². The molecule has 5 nitrogen and oxygen atoms in total. The first kappa shape index (κ1) is 11.2. The van der Waals surface area contributed by atoms with Crippen LogP contribution in [0, 0.1) is 10.1 Å². The van der Waals surface area contributed by atoms with Gasteiger partial charge in [0.15, 0.2) is 0 Å². The van der Waals surface area contributed by atoms with Crippen molar-refractivity contribution in [3.05, 3.63) is 46.5 Å². The fourth-order valence-electron chi connectivity index (χ4n) is 1.91. The zero-order valence-corrected chi connectivity index (χ0v) is 11.2. The van der Waals surface area contributed by atoms with Crippen LogP contribution in [-0.4, -0.2) is 29.0 Å². The third-order valence-electron chi connectivity index (χ3n) is 2.78. The first-order valence-corrected chi connectivity index (χ1v) is 7.04. The predicted octanol–water partition coefficient (Wildman–Crippen LogP) is 2.21. The molecule has 0 saturated carbocycles. The van der Waals surface area contributed by atoms with Gasteiger partial charge in [-0.1, -0.05) is 0 Å². The number of hydrogen-bond acceptors (Lipinski definition) is 3. The Balaban J connectivity index is 2.18. The summed E-state index contributed by atoms with van der Waals surface area (Å²) in [5.74, 6) is 0.823. The molecule has 0 atom stereocenters. The molecule has 0 radical (unpaired) electrons. The normalized spacial score (nSPS) is 10.9. The molecule has 0 aliphatic carbocycles. The van der Waals surface area contributed by atoms with E-state index in [9.17, 15) is 10.1 Å². The summed E-state index contributed by atoms with van der Waals surface area (Å²) in [6.07, 6.45) is 0. The van der Waals surface area contributed by atoms with Gasteiger partial charge < -0.3 is 0 Å². The quantitative estimate of drug-likeness (QED) is 0.414. The summed E-state index contributed by atoms with van der Waals surface area (Å²) < 4.78 is 3.22. The average molecular weight is 306 g/mol. The number of para-hydroxylation sites is 2. The Hall–Kier alpha value is -1.91. The number of aryl methyl sites for hydroxylation is 1. The Morgan fingerprint density at radius 3 is 2.72 bits per heavy atom. The number of rotatable bonds is 2. The van der Waals surface area contributed by atoms with Gasteiger partial charge in [-0.25, -0.2) is 0 Å². The van der Waals surface area contributed by atoms with E-state index in [0.29, 0.717) is 0 Å². The van der Waals surface area contributed by atoms with Crippen LogP contribution in [0.1, 0.15) is 0 Å². The molecular formula is C12H9N3O2Se. The fourth-order valence-corrected chi connectivity index (χ4v) is 3.69. The SMILES string of the molecule is Cn1c(-c2ccc([N+](=O)[O-])[se]2)nc2ccccc21. The maximum absolute atomic E-state index is 10.7. The van der Waals surface area contributed by atoms with Crippen molar-refractivity contribution < 1.29 is 4.92 Å². The molecule has 0 unspecified atom stereocenters. The molecule has 0 fully saturated rings. The topological polar surface area (TPSA) is 61.0 Å². The second kappa shape index (κ2) is 4.08. The van der Waals surface area contributed by atoms with Gasteiger partial charge in [0, 0.05) is 0 Å². The Labute approximate surface area is 109 Å². The zero-order valence-electron chi connectivity index (χ0n) is 9.53. The summed E-state index contributed by atoms with van der Waals surface area (Å²) in [5, 5.41) is 10.7. The van der Waals surface area contributed by atoms with E-state index in [4.69, 9.17) is 0 Å². The van der Waals surface area contributed by atoms with Crippen LogP contribution in [0.2, 0.25) is 0 Å². The minimum absolute atomic E-state index is 0.265. The van der Waals surface area contributed by atoms with E-state index in [2.05, 4.69) is 4.98 Å². The fraction of sp³-hybridized carbons (Fsp3) is 0.0833. The number of imidazole rings is 1. The molecule has 90 valence electrons. The molecule has 3 rings (SSSR count). The van der Waals surface area contributed by atoms with Crippen LogP contribution < -0.4 is 0 Å². The Bertz CT molecular complexity index is 745. The second-order valence-electron chi connectivity index (χ2n) is 3.88. The number of hydrogen-bond donors (Lipinski definition) is 0. The maximum atomic E-state index is 10.7. The van der Waals surface area contributed by atoms with Gasteiger partial charge >= 0.3 is 108 Å². The second-order valence-corrected chi connectivity index (χ2v) is 6.11. The number of fused-ring (bicyclic) bond motifs is 1. The van der Waals surface area contributed by atoms with Gasteiger partial charge in [-0.3, -0.25) is 0 Å². The summed E-state index contributed by atoms with van der Waals surface area (Å²) >= 11 is -0.265. The van der Waals surface area contributed by atoms with Gasteiger partial charge in [0.25, 0.3) is 0 Å². The molecule has 0 N–H and O–H groups in total. The summed E-state index contributed by atoms with van der Waals surface area (Å²) in [5.41, 5.74) is 1.96. The Kier molecular flexibility index (Phi) is 2.54. The third kappa shape index (κ3) is 1.66. The molecular weight excluding hydrogens is 297 g/mol. The summed E-state index contributed by atoms with van der Waals surface area (Å²) in [6, 6.07) is 11.2. The summed E-state index contributed by atoms with van der Waals surface area (Å²) in [4.78, 5) is 15.0. The van der Waals surface area contributed by atoms with E-state index in [1.165, 1.54) is 0 Å². The Morgan fingerprint density at radius 1 is 1.28 bits per heavy atom. The average Bonchev–Trinajstić information content (AvgIpc) is 2.95. The van der Waals surface area contributed by atoms with E-state index in [1.54, 1.807) is 12.1 Å². The molecule has 0 aliphatic heterocycles. The van der Waals surface area contributed by atoms with Crippen LogP contribution in [-0.2, 0) is 7.05 Å². The van der Waals surface area contributed by atoms with Crippen molar-refractivity contribution in [3.63, 3.8) is 0 Å². The Morgan fingerprint density at radius 2 is 2.06 bits per heavy atom. The number of benzene rings is 1. The van der Waals surface area contributed by atoms with Crippen molar-refractivity contribution in [1.29, 1.82) is 0 Å². The van der Waals surface area contributed by atoms with Crippen molar-refractivity contribution in [2.75, 3.05) is 0 Å². The summed E-state index contributed by atoms with van der Waals surface area (Å²) in [6.45, 7) is 0. The van der Waals surface area contributed by atoms with Crippen molar-refractivity contribution in [1.82, 2.24) is 9.55 Å². The molecule has 3 aromatic rings. The van der Waals surface area contributed by atoms with Crippen molar-refractivity contribution >= 4 is 30.1 Å². The predicted molar refractivity (Wildman–Crippen MR) is 69.7 cm³/mol. The van der Waals surface area contributed by atoms with Gasteiger partial charge in [0.2, 0.25) is 0 Å².